The summed E-state index contributed by atoms with van der Waals surface area (Å²) in [6.45, 7) is 2.05. The van der Waals surface area contributed by atoms with Gasteiger partial charge < -0.3 is 14.2 Å². The van der Waals surface area contributed by atoms with Crippen molar-refractivity contribution in [2.45, 2.75) is 63.2 Å². The zero-order valence-electron chi connectivity index (χ0n) is 17.9. The summed E-state index contributed by atoms with van der Waals surface area (Å²) in [5.74, 6) is 2.17. The molecule has 1 aliphatic heterocycles. The molecule has 2 aromatic rings. The Bertz CT molecular complexity index is 819. The van der Waals surface area contributed by atoms with Crippen LogP contribution in [0.3, 0.4) is 0 Å². The lowest BCUT2D eigenvalue weighted by atomic mass is 9.76. The first-order valence-electron chi connectivity index (χ1n) is 11.2. The Balaban J connectivity index is 1.49. The third-order valence-electron chi connectivity index (χ3n) is 6.78. The molecule has 1 amide bonds. The summed E-state index contributed by atoms with van der Waals surface area (Å²) in [6, 6.07) is 3.72. The second-order valence-electron chi connectivity index (χ2n) is 8.79. The maximum Gasteiger partial charge on any atom is 0.258 e. The van der Waals surface area contributed by atoms with E-state index in [0.717, 1.165) is 43.7 Å². The summed E-state index contributed by atoms with van der Waals surface area (Å²) >= 11 is 0. The second-order valence-corrected chi connectivity index (χ2v) is 8.79. The van der Waals surface area contributed by atoms with Gasteiger partial charge in [-0.3, -0.25) is 9.78 Å². The zero-order valence-corrected chi connectivity index (χ0v) is 17.9. The molecule has 0 spiro atoms. The largest absolute Gasteiger partial charge is 0.385 e. The van der Waals surface area contributed by atoms with Crippen LogP contribution >= 0.6 is 0 Å². The molecule has 0 aromatic carbocycles. The number of ether oxygens (including phenoxy) is 1. The highest BCUT2D eigenvalue weighted by molar-refractivity contribution is 5.76. The maximum atomic E-state index is 13.0. The number of carbonyl (C=O) groups excluding carboxylic acids is 1. The van der Waals surface area contributed by atoms with Crippen LogP contribution in [0.4, 0.5) is 0 Å². The lowest BCUT2D eigenvalue weighted by Gasteiger charge is -2.41. The summed E-state index contributed by atoms with van der Waals surface area (Å²) in [5.41, 5.74) is 0.525. The van der Waals surface area contributed by atoms with Gasteiger partial charge in [-0.25, -0.2) is 0 Å². The van der Waals surface area contributed by atoms with E-state index in [9.17, 15) is 4.79 Å². The van der Waals surface area contributed by atoms with Crippen LogP contribution in [0.1, 0.15) is 63.6 Å². The summed E-state index contributed by atoms with van der Waals surface area (Å²) in [7, 11) is 1.71. The quantitative estimate of drug-likeness (QED) is 0.652. The molecule has 7 nitrogen and oxygen atoms in total. The topological polar surface area (TPSA) is 81.3 Å². The van der Waals surface area contributed by atoms with E-state index < -0.39 is 0 Å². The second kappa shape index (κ2) is 9.69. The van der Waals surface area contributed by atoms with Crippen LogP contribution in [0, 0.1) is 5.92 Å². The van der Waals surface area contributed by atoms with E-state index in [1.807, 2.05) is 17.0 Å². The van der Waals surface area contributed by atoms with Crippen molar-refractivity contribution >= 4 is 5.91 Å². The van der Waals surface area contributed by atoms with Gasteiger partial charge in [-0.2, -0.15) is 4.98 Å². The molecule has 1 aliphatic carbocycles. The van der Waals surface area contributed by atoms with E-state index in [-0.39, 0.29) is 11.3 Å². The van der Waals surface area contributed by atoms with Crippen molar-refractivity contribution in [3.8, 4) is 11.5 Å². The predicted molar refractivity (Wildman–Crippen MR) is 113 cm³/mol. The van der Waals surface area contributed by atoms with Crippen LogP contribution in [0.15, 0.2) is 29.0 Å². The average Bonchev–Trinajstić information content (AvgIpc) is 3.49. The smallest absolute Gasteiger partial charge is 0.258 e. The van der Waals surface area contributed by atoms with Gasteiger partial charge in [0.1, 0.15) is 0 Å². The number of nitrogens with zero attached hydrogens (tertiary/aromatic N) is 4. The fraction of sp³-hybridized carbons (Fsp3) is 0.652. The van der Waals surface area contributed by atoms with Crippen molar-refractivity contribution in [1.82, 2.24) is 20.0 Å². The van der Waals surface area contributed by atoms with E-state index in [2.05, 4.69) is 10.1 Å². The fourth-order valence-corrected chi connectivity index (χ4v) is 4.98. The molecule has 4 rings (SSSR count). The van der Waals surface area contributed by atoms with Gasteiger partial charge in [0.25, 0.3) is 5.89 Å². The van der Waals surface area contributed by atoms with Crippen LogP contribution in [-0.4, -0.2) is 52.7 Å². The Hall–Kier alpha value is -2.28. The zero-order chi connectivity index (χ0) is 20.8. The van der Waals surface area contributed by atoms with Crippen LogP contribution in [0.5, 0.6) is 0 Å². The molecule has 30 heavy (non-hydrogen) atoms. The number of carbonyl (C=O) groups is 1. The Kier molecular flexibility index (Phi) is 6.77. The minimum Gasteiger partial charge on any atom is -0.385 e. The fourth-order valence-electron chi connectivity index (χ4n) is 4.98. The molecule has 162 valence electrons. The van der Waals surface area contributed by atoms with Crippen LogP contribution in [-0.2, 0) is 14.9 Å². The van der Waals surface area contributed by atoms with Gasteiger partial charge in [-0.05, 0) is 43.7 Å². The van der Waals surface area contributed by atoms with E-state index in [1.54, 1.807) is 19.5 Å². The maximum absolute atomic E-state index is 13.0. The monoisotopic (exact) mass is 412 g/mol. The molecule has 2 aliphatic rings. The molecule has 2 fully saturated rings. The van der Waals surface area contributed by atoms with Gasteiger partial charge in [0.15, 0.2) is 5.82 Å². The number of likely N-dealkylation sites (tertiary alicyclic amines) is 1. The SMILES string of the molecule is COCCC1(c2noc(-c3ccncc3)n2)CCCN(C(=O)CCC2CCCC2)C1. The molecule has 1 unspecified atom stereocenters. The Morgan fingerprint density at radius 2 is 2.07 bits per heavy atom. The molecule has 1 atom stereocenters. The molecular weight excluding hydrogens is 380 g/mol. The first-order valence-corrected chi connectivity index (χ1v) is 11.2. The number of rotatable bonds is 8. The van der Waals surface area contributed by atoms with E-state index in [1.165, 1.54) is 25.7 Å². The number of hydrogen-bond acceptors (Lipinski definition) is 6. The lowest BCUT2D eigenvalue weighted by molar-refractivity contribution is -0.134. The highest BCUT2D eigenvalue weighted by Gasteiger charge is 2.42. The molecular formula is C23H32N4O3. The number of amides is 1. The summed E-state index contributed by atoms with van der Waals surface area (Å²) in [5, 5.41) is 4.34. The molecule has 1 saturated carbocycles. The minimum atomic E-state index is -0.327. The summed E-state index contributed by atoms with van der Waals surface area (Å²) in [4.78, 5) is 23.8. The van der Waals surface area contributed by atoms with E-state index in [0.29, 0.717) is 31.3 Å². The number of hydrogen-bond donors (Lipinski definition) is 0. The highest BCUT2D eigenvalue weighted by Crippen LogP contribution is 2.37. The van der Waals surface area contributed by atoms with Gasteiger partial charge in [-0.15, -0.1) is 0 Å². The molecule has 0 bridgehead atoms. The molecule has 7 heteroatoms. The van der Waals surface area contributed by atoms with Crippen molar-refractivity contribution in [3.05, 3.63) is 30.4 Å². The summed E-state index contributed by atoms with van der Waals surface area (Å²) < 4.78 is 11.0. The van der Waals surface area contributed by atoms with Gasteiger partial charge in [0.2, 0.25) is 5.91 Å². The number of pyridine rings is 1. The molecule has 0 radical (unpaired) electrons. The molecule has 0 N–H and O–H groups in total. The van der Waals surface area contributed by atoms with Gasteiger partial charge in [0, 0.05) is 51.2 Å². The highest BCUT2D eigenvalue weighted by atomic mass is 16.5. The first-order chi connectivity index (χ1) is 14.7. The van der Waals surface area contributed by atoms with Crippen molar-refractivity contribution in [3.63, 3.8) is 0 Å². The van der Waals surface area contributed by atoms with Crippen molar-refractivity contribution in [2.75, 3.05) is 26.8 Å². The predicted octanol–water partition coefficient (Wildman–Crippen LogP) is 4.00. The van der Waals surface area contributed by atoms with Crippen LogP contribution in [0.2, 0.25) is 0 Å². The van der Waals surface area contributed by atoms with Gasteiger partial charge in [-0.1, -0.05) is 30.8 Å². The molecule has 3 heterocycles. The van der Waals surface area contributed by atoms with Crippen molar-refractivity contribution in [1.29, 1.82) is 0 Å². The van der Waals surface area contributed by atoms with Crippen molar-refractivity contribution in [2.24, 2.45) is 5.92 Å². The summed E-state index contributed by atoms with van der Waals surface area (Å²) in [6.07, 6.45) is 12.9. The van der Waals surface area contributed by atoms with E-state index in [4.69, 9.17) is 14.2 Å². The minimum absolute atomic E-state index is 0.265. The third-order valence-corrected chi connectivity index (χ3v) is 6.78. The molecule has 1 saturated heterocycles. The average molecular weight is 413 g/mol. The van der Waals surface area contributed by atoms with Crippen LogP contribution in [0.25, 0.3) is 11.5 Å². The van der Waals surface area contributed by atoms with Crippen LogP contribution < -0.4 is 0 Å². The number of methoxy groups -OCH3 is 1. The number of aromatic nitrogens is 3. The number of piperidine rings is 1. The normalized spacial score (nSPS) is 22.5. The van der Waals surface area contributed by atoms with Gasteiger partial charge in [0.05, 0.1) is 5.41 Å². The third kappa shape index (κ3) is 4.72. The molecule has 2 aromatic heterocycles. The standard InChI is InChI=1S/C23H32N4O3/c1-29-16-12-23(22-25-21(30-26-22)19-9-13-24-14-10-19)11-4-15-27(17-23)20(28)8-7-18-5-2-3-6-18/h9-10,13-14,18H,2-8,11-12,15-17H2,1H3. The Morgan fingerprint density at radius 3 is 2.83 bits per heavy atom. The Morgan fingerprint density at radius 1 is 1.27 bits per heavy atom. The van der Waals surface area contributed by atoms with E-state index >= 15 is 0 Å². The lowest BCUT2D eigenvalue weighted by Crippen LogP contribution is -2.49. The Labute approximate surface area is 178 Å². The first kappa shape index (κ1) is 21.0. The van der Waals surface area contributed by atoms with Crippen molar-refractivity contribution < 1.29 is 14.1 Å². The van der Waals surface area contributed by atoms with Gasteiger partial charge >= 0.3 is 0 Å².